The number of rotatable bonds is 3. The Morgan fingerprint density at radius 1 is 1.10 bits per heavy atom. The van der Waals surface area contributed by atoms with E-state index in [4.69, 9.17) is 4.42 Å². The standard InChI is InChI=1S/C16H17BrN2O2/c17-14-5-3-13(4-6-14)16(20)19-9-7-18(8-10-19)12-15-2-1-11-21-15/h1-6,11H,7-10,12H2. The topological polar surface area (TPSA) is 36.7 Å². The largest absolute Gasteiger partial charge is 0.468 e. The van der Waals surface area contributed by atoms with Crippen LogP contribution in [0.25, 0.3) is 0 Å². The minimum atomic E-state index is 0.111. The molecule has 2 heterocycles. The van der Waals surface area contributed by atoms with Crippen LogP contribution in [-0.2, 0) is 6.54 Å². The highest BCUT2D eigenvalue weighted by Crippen LogP contribution is 2.14. The summed E-state index contributed by atoms with van der Waals surface area (Å²) in [6.45, 7) is 4.09. The summed E-state index contributed by atoms with van der Waals surface area (Å²) >= 11 is 3.39. The summed E-state index contributed by atoms with van der Waals surface area (Å²) in [7, 11) is 0. The summed E-state index contributed by atoms with van der Waals surface area (Å²) in [5, 5.41) is 0. The molecule has 1 fully saturated rings. The zero-order chi connectivity index (χ0) is 14.7. The lowest BCUT2D eigenvalue weighted by Crippen LogP contribution is -2.48. The van der Waals surface area contributed by atoms with Gasteiger partial charge in [0, 0.05) is 36.2 Å². The van der Waals surface area contributed by atoms with E-state index in [9.17, 15) is 4.79 Å². The first-order chi connectivity index (χ1) is 10.2. The van der Waals surface area contributed by atoms with Gasteiger partial charge in [-0.05, 0) is 36.4 Å². The van der Waals surface area contributed by atoms with Crippen molar-refractivity contribution in [2.75, 3.05) is 26.2 Å². The lowest BCUT2D eigenvalue weighted by Gasteiger charge is -2.34. The Balaban J connectivity index is 1.55. The number of furan rings is 1. The van der Waals surface area contributed by atoms with Crippen LogP contribution >= 0.6 is 15.9 Å². The van der Waals surface area contributed by atoms with Crippen molar-refractivity contribution in [2.24, 2.45) is 0 Å². The van der Waals surface area contributed by atoms with E-state index in [1.165, 1.54) is 0 Å². The molecule has 1 aliphatic rings. The van der Waals surface area contributed by atoms with Gasteiger partial charge in [-0.1, -0.05) is 15.9 Å². The SMILES string of the molecule is O=C(c1ccc(Br)cc1)N1CCN(Cc2ccco2)CC1. The zero-order valence-corrected chi connectivity index (χ0v) is 13.3. The molecule has 4 nitrogen and oxygen atoms in total. The summed E-state index contributed by atoms with van der Waals surface area (Å²) in [6.07, 6.45) is 1.70. The maximum absolute atomic E-state index is 12.4. The molecule has 0 aliphatic carbocycles. The monoisotopic (exact) mass is 348 g/mol. The van der Waals surface area contributed by atoms with Crippen molar-refractivity contribution in [3.8, 4) is 0 Å². The van der Waals surface area contributed by atoms with Crippen molar-refractivity contribution >= 4 is 21.8 Å². The molecular formula is C16H17BrN2O2. The summed E-state index contributed by atoms with van der Waals surface area (Å²) in [5.41, 5.74) is 0.748. The summed E-state index contributed by atoms with van der Waals surface area (Å²) in [4.78, 5) is 16.6. The highest BCUT2D eigenvalue weighted by atomic mass is 79.9. The minimum Gasteiger partial charge on any atom is -0.468 e. The molecule has 0 N–H and O–H groups in total. The van der Waals surface area contributed by atoms with Crippen LogP contribution in [0.2, 0.25) is 0 Å². The molecule has 21 heavy (non-hydrogen) atoms. The Morgan fingerprint density at radius 2 is 1.81 bits per heavy atom. The zero-order valence-electron chi connectivity index (χ0n) is 11.7. The first-order valence-corrected chi connectivity index (χ1v) is 7.81. The van der Waals surface area contributed by atoms with Crippen molar-refractivity contribution in [3.05, 3.63) is 58.5 Å². The fourth-order valence-electron chi connectivity index (χ4n) is 2.51. The van der Waals surface area contributed by atoms with Crippen molar-refractivity contribution in [1.82, 2.24) is 9.80 Å². The fraction of sp³-hybridized carbons (Fsp3) is 0.312. The molecule has 0 spiro atoms. The van der Waals surface area contributed by atoms with Gasteiger partial charge >= 0.3 is 0 Å². The number of piperazine rings is 1. The van der Waals surface area contributed by atoms with Crippen LogP contribution in [0.3, 0.4) is 0 Å². The van der Waals surface area contributed by atoms with Gasteiger partial charge in [-0.15, -0.1) is 0 Å². The van der Waals surface area contributed by atoms with Crippen molar-refractivity contribution in [2.45, 2.75) is 6.54 Å². The number of carbonyl (C=O) groups excluding carboxylic acids is 1. The van der Waals surface area contributed by atoms with Crippen LogP contribution < -0.4 is 0 Å². The second kappa shape index (κ2) is 6.45. The molecule has 0 radical (unpaired) electrons. The Morgan fingerprint density at radius 3 is 2.43 bits per heavy atom. The molecular weight excluding hydrogens is 332 g/mol. The van der Waals surface area contributed by atoms with Gasteiger partial charge in [-0.2, -0.15) is 0 Å². The van der Waals surface area contributed by atoms with Gasteiger partial charge < -0.3 is 9.32 Å². The molecule has 1 aromatic heterocycles. The number of carbonyl (C=O) groups is 1. The van der Waals surface area contributed by atoms with E-state index in [0.29, 0.717) is 0 Å². The lowest BCUT2D eigenvalue weighted by molar-refractivity contribution is 0.0620. The second-order valence-electron chi connectivity index (χ2n) is 5.15. The molecule has 0 atom stereocenters. The van der Waals surface area contributed by atoms with E-state index in [0.717, 1.165) is 48.5 Å². The normalized spacial score (nSPS) is 16.1. The Hall–Kier alpha value is -1.59. The number of hydrogen-bond acceptors (Lipinski definition) is 3. The molecule has 0 saturated carbocycles. The highest BCUT2D eigenvalue weighted by Gasteiger charge is 2.22. The van der Waals surface area contributed by atoms with E-state index in [-0.39, 0.29) is 5.91 Å². The van der Waals surface area contributed by atoms with Gasteiger partial charge in [0.25, 0.3) is 5.91 Å². The average Bonchev–Trinajstić information content (AvgIpc) is 3.01. The lowest BCUT2D eigenvalue weighted by atomic mass is 10.2. The first-order valence-electron chi connectivity index (χ1n) is 7.02. The quantitative estimate of drug-likeness (QED) is 0.855. The van der Waals surface area contributed by atoms with E-state index < -0.39 is 0 Å². The highest BCUT2D eigenvalue weighted by molar-refractivity contribution is 9.10. The molecule has 5 heteroatoms. The van der Waals surface area contributed by atoms with Crippen molar-refractivity contribution < 1.29 is 9.21 Å². The summed E-state index contributed by atoms with van der Waals surface area (Å²) in [6, 6.07) is 11.4. The van der Waals surface area contributed by atoms with Gasteiger partial charge in [0.2, 0.25) is 0 Å². The molecule has 0 bridgehead atoms. The molecule has 1 aliphatic heterocycles. The second-order valence-corrected chi connectivity index (χ2v) is 6.07. The minimum absolute atomic E-state index is 0.111. The third-order valence-electron chi connectivity index (χ3n) is 3.71. The van der Waals surface area contributed by atoms with Crippen LogP contribution in [0.1, 0.15) is 16.1 Å². The molecule has 1 aromatic carbocycles. The van der Waals surface area contributed by atoms with Crippen LogP contribution in [0, 0.1) is 0 Å². The number of hydrogen-bond donors (Lipinski definition) is 0. The maximum Gasteiger partial charge on any atom is 0.253 e. The third-order valence-corrected chi connectivity index (χ3v) is 4.24. The van der Waals surface area contributed by atoms with Crippen molar-refractivity contribution in [3.63, 3.8) is 0 Å². The van der Waals surface area contributed by atoms with E-state index in [1.54, 1.807) is 6.26 Å². The van der Waals surface area contributed by atoms with Gasteiger partial charge in [0.1, 0.15) is 5.76 Å². The third kappa shape index (κ3) is 3.54. The number of halogens is 1. The predicted molar refractivity (Wildman–Crippen MR) is 84.0 cm³/mol. The molecule has 1 saturated heterocycles. The van der Waals surface area contributed by atoms with Gasteiger partial charge in [-0.25, -0.2) is 0 Å². The first kappa shape index (κ1) is 14.4. The number of benzene rings is 1. The fourth-order valence-corrected chi connectivity index (χ4v) is 2.77. The molecule has 2 aromatic rings. The van der Waals surface area contributed by atoms with E-state index >= 15 is 0 Å². The molecule has 110 valence electrons. The number of amides is 1. The molecule has 1 amide bonds. The smallest absolute Gasteiger partial charge is 0.253 e. The molecule has 3 rings (SSSR count). The van der Waals surface area contributed by atoms with Crippen LogP contribution in [0.4, 0.5) is 0 Å². The van der Waals surface area contributed by atoms with Gasteiger partial charge in [0.05, 0.1) is 12.8 Å². The Bertz CT molecular complexity index is 587. The van der Waals surface area contributed by atoms with Crippen LogP contribution in [0.5, 0.6) is 0 Å². The summed E-state index contributed by atoms with van der Waals surface area (Å²) < 4.78 is 6.35. The number of nitrogens with zero attached hydrogens (tertiary/aromatic N) is 2. The molecule has 0 unspecified atom stereocenters. The van der Waals surface area contributed by atoms with Gasteiger partial charge in [-0.3, -0.25) is 9.69 Å². The van der Waals surface area contributed by atoms with Crippen LogP contribution in [-0.4, -0.2) is 41.9 Å². The van der Waals surface area contributed by atoms with Crippen LogP contribution in [0.15, 0.2) is 51.6 Å². The Labute approximate surface area is 132 Å². The Kier molecular flexibility index (Phi) is 4.41. The predicted octanol–water partition coefficient (Wildman–Crippen LogP) is 3.00. The van der Waals surface area contributed by atoms with Crippen molar-refractivity contribution in [1.29, 1.82) is 0 Å². The van der Waals surface area contributed by atoms with E-state index in [2.05, 4.69) is 20.8 Å². The average molecular weight is 349 g/mol. The summed E-state index contributed by atoms with van der Waals surface area (Å²) in [5.74, 6) is 1.09. The van der Waals surface area contributed by atoms with E-state index in [1.807, 2.05) is 41.3 Å². The van der Waals surface area contributed by atoms with Gasteiger partial charge in [0.15, 0.2) is 0 Å². The maximum atomic E-state index is 12.4.